The van der Waals surface area contributed by atoms with Gasteiger partial charge < -0.3 is 9.47 Å². The Hall–Kier alpha value is -2.92. The number of rotatable bonds is 6. The van der Waals surface area contributed by atoms with E-state index in [1.165, 1.54) is 6.20 Å². The molecule has 0 saturated heterocycles. The van der Waals surface area contributed by atoms with Gasteiger partial charge in [0.1, 0.15) is 23.1 Å². The van der Waals surface area contributed by atoms with E-state index in [-0.39, 0.29) is 17.3 Å². The summed E-state index contributed by atoms with van der Waals surface area (Å²) in [7, 11) is 0. The van der Waals surface area contributed by atoms with E-state index >= 15 is 0 Å². The van der Waals surface area contributed by atoms with E-state index < -0.39 is 5.97 Å². The Morgan fingerprint density at radius 1 is 1.08 bits per heavy atom. The quantitative estimate of drug-likeness (QED) is 0.471. The first-order valence-corrected chi connectivity index (χ1v) is 8.52. The molecular formula is C20H17ClN2O3. The lowest BCUT2D eigenvalue weighted by Gasteiger charge is -2.08. The molecule has 0 bridgehead atoms. The summed E-state index contributed by atoms with van der Waals surface area (Å²) in [4.78, 5) is 20.1. The molecule has 0 unspecified atom stereocenters. The minimum atomic E-state index is -0.534. The van der Waals surface area contributed by atoms with Gasteiger partial charge in [0.25, 0.3) is 0 Å². The van der Waals surface area contributed by atoms with Crippen LogP contribution in [0.5, 0.6) is 5.75 Å². The van der Waals surface area contributed by atoms with Crippen molar-refractivity contribution in [2.45, 2.75) is 13.5 Å². The van der Waals surface area contributed by atoms with E-state index in [4.69, 9.17) is 21.1 Å². The number of carbonyl (C=O) groups is 1. The molecule has 0 N–H and O–H groups in total. The minimum absolute atomic E-state index is 0.0675. The number of halogens is 1. The molecule has 5 nitrogen and oxygen atoms in total. The van der Waals surface area contributed by atoms with Gasteiger partial charge in [-0.2, -0.15) is 0 Å². The fourth-order valence-electron chi connectivity index (χ4n) is 2.29. The van der Waals surface area contributed by atoms with Gasteiger partial charge in [0.2, 0.25) is 0 Å². The van der Waals surface area contributed by atoms with Gasteiger partial charge in [-0.15, -0.1) is 0 Å². The van der Waals surface area contributed by atoms with E-state index in [2.05, 4.69) is 9.97 Å². The summed E-state index contributed by atoms with van der Waals surface area (Å²) in [5.74, 6) is 0.637. The molecule has 0 radical (unpaired) electrons. The Morgan fingerprint density at radius 2 is 1.81 bits per heavy atom. The van der Waals surface area contributed by atoms with Crippen LogP contribution in [0.25, 0.3) is 11.4 Å². The number of esters is 1. The van der Waals surface area contributed by atoms with Crippen molar-refractivity contribution in [2.24, 2.45) is 0 Å². The van der Waals surface area contributed by atoms with Crippen LogP contribution in [0.2, 0.25) is 5.15 Å². The normalized spacial score (nSPS) is 10.4. The van der Waals surface area contributed by atoms with Gasteiger partial charge in [-0.05, 0) is 36.8 Å². The number of hydrogen-bond donors (Lipinski definition) is 0. The second-order valence-electron chi connectivity index (χ2n) is 5.42. The third kappa shape index (κ3) is 4.37. The zero-order chi connectivity index (χ0) is 18.4. The van der Waals surface area contributed by atoms with Crippen molar-refractivity contribution in [1.29, 1.82) is 0 Å². The Balaban J connectivity index is 1.70. The van der Waals surface area contributed by atoms with Gasteiger partial charge in [-0.25, -0.2) is 14.8 Å². The Labute approximate surface area is 156 Å². The fourth-order valence-corrected chi connectivity index (χ4v) is 2.49. The van der Waals surface area contributed by atoms with Crippen molar-refractivity contribution in [3.8, 4) is 17.1 Å². The topological polar surface area (TPSA) is 61.3 Å². The third-order valence-corrected chi connectivity index (χ3v) is 3.89. The van der Waals surface area contributed by atoms with Gasteiger partial charge in [0.15, 0.2) is 5.82 Å². The Bertz CT molecular complexity index is 883. The summed E-state index contributed by atoms with van der Waals surface area (Å²) in [6.45, 7) is 2.49. The second kappa shape index (κ2) is 8.45. The summed E-state index contributed by atoms with van der Waals surface area (Å²) < 4.78 is 10.7. The van der Waals surface area contributed by atoms with Crippen molar-refractivity contribution in [2.75, 3.05) is 6.61 Å². The molecule has 1 heterocycles. The lowest BCUT2D eigenvalue weighted by Crippen LogP contribution is -2.07. The zero-order valence-electron chi connectivity index (χ0n) is 14.2. The molecule has 2 aromatic carbocycles. The first-order valence-electron chi connectivity index (χ1n) is 8.14. The van der Waals surface area contributed by atoms with Crippen LogP contribution in [0.4, 0.5) is 0 Å². The minimum Gasteiger partial charge on any atom is -0.489 e. The maximum Gasteiger partial charge on any atom is 0.342 e. The summed E-state index contributed by atoms with van der Waals surface area (Å²) in [6, 6.07) is 17.3. The Kier molecular flexibility index (Phi) is 5.81. The number of ether oxygens (including phenoxy) is 2. The molecule has 132 valence electrons. The molecule has 3 rings (SSSR count). The van der Waals surface area contributed by atoms with Crippen molar-refractivity contribution >= 4 is 17.6 Å². The predicted molar refractivity (Wildman–Crippen MR) is 99.2 cm³/mol. The molecule has 3 aromatic rings. The maximum absolute atomic E-state index is 11.7. The molecule has 0 atom stereocenters. The van der Waals surface area contributed by atoms with Crippen LogP contribution >= 0.6 is 11.6 Å². The summed E-state index contributed by atoms with van der Waals surface area (Å²) in [5, 5.41) is 0.0675. The highest BCUT2D eigenvalue weighted by molar-refractivity contribution is 6.32. The molecular weight excluding hydrogens is 352 g/mol. The average Bonchev–Trinajstić information content (AvgIpc) is 2.67. The van der Waals surface area contributed by atoms with Gasteiger partial charge >= 0.3 is 5.97 Å². The highest BCUT2D eigenvalue weighted by atomic mass is 35.5. The number of aromatic nitrogens is 2. The summed E-state index contributed by atoms with van der Waals surface area (Å²) in [5.41, 5.74) is 2.02. The smallest absolute Gasteiger partial charge is 0.342 e. The highest BCUT2D eigenvalue weighted by Gasteiger charge is 2.15. The van der Waals surface area contributed by atoms with Crippen molar-refractivity contribution in [1.82, 2.24) is 9.97 Å². The van der Waals surface area contributed by atoms with E-state index in [0.29, 0.717) is 12.4 Å². The van der Waals surface area contributed by atoms with Crippen LogP contribution in [0.3, 0.4) is 0 Å². The largest absolute Gasteiger partial charge is 0.489 e. The number of nitrogens with zero attached hydrogens (tertiary/aromatic N) is 2. The lowest BCUT2D eigenvalue weighted by atomic mass is 10.2. The molecule has 0 amide bonds. The van der Waals surface area contributed by atoms with Gasteiger partial charge in [-0.3, -0.25) is 0 Å². The standard InChI is InChI=1S/C20H17ClN2O3/c1-2-25-20(24)17-12-22-19(23-18(17)21)15-8-10-16(11-9-15)26-13-14-6-4-3-5-7-14/h3-12H,2,13H2,1H3. The second-order valence-corrected chi connectivity index (χ2v) is 5.78. The van der Waals surface area contributed by atoms with E-state index in [1.807, 2.05) is 54.6 Å². The zero-order valence-corrected chi connectivity index (χ0v) is 14.9. The van der Waals surface area contributed by atoms with E-state index in [9.17, 15) is 4.79 Å². The van der Waals surface area contributed by atoms with Crippen LogP contribution in [0.1, 0.15) is 22.8 Å². The molecule has 0 aliphatic heterocycles. The maximum atomic E-state index is 11.7. The summed E-state index contributed by atoms with van der Waals surface area (Å²) in [6.07, 6.45) is 1.38. The van der Waals surface area contributed by atoms with Crippen LogP contribution in [0, 0.1) is 0 Å². The van der Waals surface area contributed by atoms with Crippen molar-refractivity contribution in [3.63, 3.8) is 0 Å². The molecule has 0 fully saturated rings. The van der Waals surface area contributed by atoms with Gasteiger partial charge in [-0.1, -0.05) is 41.9 Å². The third-order valence-electron chi connectivity index (χ3n) is 3.60. The average molecular weight is 369 g/mol. The van der Waals surface area contributed by atoms with Crippen molar-refractivity contribution < 1.29 is 14.3 Å². The summed E-state index contributed by atoms with van der Waals surface area (Å²) >= 11 is 6.08. The first kappa shape index (κ1) is 17.9. The van der Waals surface area contributed by atoms with E-state index in [0.717, 1.165) is 16.9 Å². The SMILES string of the molecule is CCOC(=O)c1cnc(-c2ccc(OCc3ccccc3)cc2)nc1Cl. The number of benzene rings is 2. The first-order chi connectivity index (χ1) is 12.7. The van der Waals surface area contributed by atoms with Gasteiger partial charge in [0, 0.05) is 11.8 Å². The van der Waals surface area contributed by atoms with Crippen LogP contribution in [-0.2, 0) is 11.3 Å². The van der Waals surface area contributed by atoms with Crippen LogP contribution in [0.15, 0.2) is 60.8 Å². The highest BCUT2D eigenvalue weighted by Crippen LogP contribution is 2.23. The fraction of sp³-hybridized carbons (Fsp3) is 0.150. The lowest BCUT2D eigenvalue weighted by molar-refractivity contribution is 0.0525. The molecule has 6 heteroatoms. The Morgan fingerprint density at radius 3 is 2.46 bits per heavy atom. The van der Waals surface area contributed by atoms with E-state index in [1.54, 1.807) is 6.92 Å². The van der Waals surface area contributed by atoms with Gasteiger partial charge in [0.05, 0.1) is 6.61 Å². The van der Waals surface area contributed by atoms with Crippen LogP contribution < -0.4 is 4.74 Å². The van der Waals surface area contributed by atoms with Crippen molar-refractivity contribution in [3.05, 3.63) is 77.1 Å². The predicted octanol–water partition coefficient (Wildman–Crippen LogP) is 4.55. The number of carbonyl (C=O) groups excluding carboxylic acids is 1. The van der Waals surface area contributed by atoms with Crippen LogP contribution in [-0.4, -0.2) is 22.5 Å². The monoisotopic (exact) mass is 368 g/mol. The number of hydrogen-bond acceptors (Lipinski definition) is 5. The molecule has 1 aromatic heterocycles. The molecule has 26 heavy (non-hydrogen) atoms. The molecule has 0 saturated carbocycles. The molecule has 0 aliphatic carbocycles. The molecule has 0 spiro atoms. The molecule has 0 aliphatic rings.